The third kappa shape index (κ3) is 3.26. The van der Waals surface area contributed by atoms with Crippen LogP contribution in [-0.4, -0.2) is 18.3 Å². The van der Waals surface area contributed by atoms with Crippen molar-refractivity contribution >= 4 is 0 Å². The minimum Gasteiger partial charge on any atom is -0.496 e. The van der Waals surface area contributed by atoms with Gasteiger partial charge in [-0.2, -0.15) is 0 Å². The third-order valence-corrected chi connectivity index (χ3v) is 3.87. The van der Waals surface area contributed by atoms with Crippen molar-refractivity contribution in [3.05, 3.63) is 29.3 Å². The molecule has 1 aromatic carbocycles. The molecule has 100 valence electrons. The summed E-state index contributed by atoms with van der Waals surface area (Å²) in [6.45, 7) is 1.84. The molecule has 1 aliphatic rings. The minimum atomic E-state index is -0.280. The lowest BCUT2D eigenvalue weighted by atomic mass is 9.83. The smallest absolute Gasteiger partial charge is 0.122 e. The van der Waals surface area contributed by atoms with E-state index in [2.05, 4.69) is 18.2 Å². The predicted octanol–water partition coefficient (Wildman–Crippen LogP) is 3.67. The van der Waals surface area contributed by atoms with E-state index in [1.54, 1.807) is 7.11 Å². The van der Waals surface area contributed by atoms with E-state index in [0.717, 1.165) is 12.2 Å². The third-order valence-electron chi connectivity index (χ3n) is 3.87. The number of aliphatic hydroxyl groups excluding tert-OH is 1. The zero-order chi connectivity index (χ0) is 13.0. The summed E-state index contributed by atoms with van der Waals surface area (Å²) in [6.07, 6.45) is 7.01. The summed E-state index contributed by atoms with van der Waals surface area (Å²) in [5, 5.41) is 9.50. The van der Waals surface area contributed by atoms with Gasteiger partial charge in [-0.3, -0.25) is 0 Å². The van der Waals surface area contributed by atoms with Crippen LogP contribution in [0.5, 0.6) is 5.75 Å². The molecule has 18 heavy (non-hydrogen) atoms. The van der Waals surface area contributed by atoms with Crippen molar-refractivity contribution in [2.45, 2.75) is 57.5 Å². The van der Waals surface area contributed by atoms with Gasteiger partial charge in [0.15, 0.2) is 0 Å². The van der Waals surface area contributed by atoms with Gasteiger partial charge < -0.3 is 9.84 Å². The average molecular weight is 248 g/mol. The number of hydrogen-bond donors (Lipinski definition) is 1. The Bertz CT molecular complexity index is 379. The van der Waals surface area contributed by atoms with Crippen molar-refractivity contribution in [1.82, 2.24) is 0 Å². The number of aliphatic hydroxyl groups is 1. The van der Waals surface area contributed by atoms with Crippen LogP contribution < -0.4 is 4.74 Å². The predicted molar refractivity (Wildman–Crippen MR) is 74.2 cm³/mol. The van der Waals surface area contributed by atoms with Gasteiger partial charge in [-0.05, 0) is 49.3 Å². The molecule has 0 amide bonds. The molecule has 2 heteroatoms. The Kier molecular flexibility index (Phi) is 4.65. The van der Waals surface area contributed by atoms with Gasteiger partial charge in [-0.1, -0.05) is 31.4 Å². The molecule has 1 N–H and O–H groups in total. The summed E-state index contributed by atoms with van der Waals surface area (Å²) in [6, 6.07) is 6.36. The van der Waals surface area contributed by atoms with Crippen molar-refractivity contribution < 1.29 is 9.84 Å². The second-order valence-corrected chi connectivity index (χ2v) is 5.46. The van der Waals surface area contributed by atoms with Crippen LogP contribution in [0.2, 0.25) is 0 Å². The molecule has 1 saturated carbocycles. The number of benzene rings is 1. The van der Waals surface area contributed by atoms with Gasteiger partial charge in [-0.15, -0.1) is 0 Å². The van der Waals surface area contributed by atoms with Gasteiger partial charge in [-0.25, -0.2) is 0 Å². The Morgan fingerprint density at radius 2 is 2.00 bits per heavy atom. The summed E-state index contributed by atoms with van der Waals surface area (Å²) < 4.78 is 5.50. The number of rotatable bonds is 4. The zero-order valence-corrected chi connectivity index (χ0v) is 11.5. The zero-order valence-electron chi connectivity index (χ0n) is 11.5. The molecule has 2 rings (SSSR count). The Labute approximate surface area is 110 Å². The lowest BCUT2D eigenvalue weighted by Gasteiger charge is -2.24. The largest absolute Gasteiger partial charge is 0.496 e. The molecule has 0 bridgehead atoms. The van der Waals surface area contributed by atoms with Gasteiger partial charge in [0.1, 0.15) is 5.75 Å². The van der Waals surface area contributed by atoms with Crippen molar-refractivity contribution in [3.8, 4) is 5.75 Å². The van der Waals surface area contributed by atoms with E-state index in [9.17, 15) is 5.11 Å². The fourth-order valence-corrected chi connectivity index (χ4v) is 2.98. The van der Waals surface area contributed by atoms with Crippen LogP contribution in [0.25, 0.3) is 0 Å². The van der Waals surface area contributed by atoms with Gasteiger partial charge in [0.05, 0.1) is 13.2 Å². The van der Waals surface area contributed by atoms with E-state index in [1.807, 2.05) is 6.92 Å². The highest BCUT2D eigenvalue weighted by molar-refractivity contribution is 5.40. The molecule has 1 aliphatic carbocycles. The first-order chi connectivity index (χ1) is 8.70. The maximum absolute atomic E-state index is 9.50. The molecule has 0 heterocycles. The highest BCUT2D eigenvalue weighted by atomic mass is 16.5. The molecule has 0 saturated heterocycles. The van der Waals surface area contributed by atoms with Gasteiger partial charge in [0.25, 0.3) is 0 Å². The van der Waals surface area contributed by atoms with Crippen LogP contribution in [0.3, 0.4) is 0 Å². The topological polar surface area (TPSA) is 29.5 Å². The Hall–Kier alpha value is -1.02. The lowest BCUT2D eigenvalue weighted by molar-refractivity contribution is 0.195. The molecule has 1 atom stereocenters. The van der Waals surface area contributed by atoms with Crippen molar-refractivity contribution in [2.75, 3.05) is 7.11 Å². The maximum Gasteiger partial charge on any atom is 0.122 e. The van der Waals surface area contributed by atoms with E-state index >= 15 is 0 Å². The standard InChI is InChI=1S/C16H24O2/c1-12(17)10-13-8-9-16(18-2)15(11-13)14-6-4-3-5-7-14/h8-9,11-12,14,17H,3-7,10H2,1-2H3. The normalized spacial score (nSPS) is 18.6. The molecule has 1 unspecified atom stereocenters. The molecule has 0 radical (unpaired) electrons. The fraction of sp³-hybridized carbons (Fsp3) is 0.625. The molecule has 0 aliphatic heterocycles. The SMILES string of the molecule is COc1ccc(CC(C)O)cc1C1CCCCC1. The summed E-state index contributed by atoms with van der Waals surface area (Å²) in [5.41, 5.74) is 2.56. The van der Waals surface area contributed by atoms with Crippen LogP contribution in [0.15, 0.2) is 18.2 Å². The maximum atomic E-state index is 9.50. The molecular formula is C16H24O2. The molecule has 0 aromatic heterocycles. The minimum absolute atomic E-state index is 0.280. The Balaban J connectivity index is 2.23. The van der Waals surface area contributed by atoms with Crippen LogP contribution in [0.1, 0.15) is 56.1 Å². The quantitative estimate of drug-likeness (QED) is 0.881. The molecule has 0 spiro atoms. The fourth-order valence-electron chi connectivity index (χ4n) is 2.98. The van der Waals surface area contributed by atoms with Crippen LogP contribution in [-0.2, 0) is 6.42 Å². The molecule has 1 aromatic rings. The molecule has 2 nitrogen and oxygen atoms in total. The van der Waals surface area contributed by atoms with E-state index in [4.69, 9.17) is 4.74 Å². The van der Waals surface area contributed by atoms with E-state index in [1.165, 1.54) is 43.2 Å². The lowest BCUT2D eigenvalue weighted by Crippen LogP contribution is -2.09. The van der Waals surface area contributed by atoms with Crippen molar-refractivity contribution in [2.24, 2.45) is 0 Å². The second-order valence-electron chi connectivity index (χ2n) is 5.46. The highest BCUT2D eigenvalue weighted by Crippen LogP contribution is 2.37. The first-order valence-electron chi connectivity index (χ1n) is 7.05. The number of hydrogen-bond acceptors (Lipinski definition) is 2. The second kappa shape index (κ2) is 6.24. The Morgan fingerprint density at radius 3 is 2.61 bits per heavy atom. The van der Waals surface area contributed by atoms with Gasteiger partial charge >= 0.3 is 0 Å². The van der Waals surface area contributed by atoms with E-state index in [0.29, 0.717) is 5.92 Å². The summed E-state index contributed by atoms with van der Waals surface area (Å²) in [5.74, 6) is 1.65. The first-order valence-corrected chi connectivity index (χ1v) is 7.05. The number of ether oxygens (including phenoxy) is 1. The summed E-state index contributed by atoms with van der Waals surface area (Å²) in [7, 11) is 1.75. The molecular weight excluding hydrogens is 224 g/mol. The van der Waals surface area contributed by atoms with Crippen LogP contribution in [0, 0.1) is 0 Å². The van der Waals surface area contributed by atoms with Crippen molar-refractivity contribution in [3.63, 3.8) is 0 Å². The number of methoxy groups -OCH3 is 1. The highest BCUT2D eigenvalue weighted by Gasteiger charge is 2.19. The average Bonchev–Trinajstić information content (AvgIpc) is 2.39. The first kappa shape index (κ1) is 13.4. The summed E-state index contributed by atoms with van der Waals surface area (Å²) >= 11 is 0. The molecule has 1 fully saturated rings. The Morgan fingerprint density at radius 1 is 1.28 bits per heavy atom. The van der Waals surface area contributed by atoms with E-state index < -0.39 is 0 Å². The summed E-state index contributed by atoms with van der Waals surface area (Å²) in [4.78, 5) is 0. The van der Waals surface area contributed by atoms with Crippen LogP contribution in [0.4, 0.5) is 0 Å². The van der Waals surface area contributed by atoms with E-state index in [-0.39, 0.29) is 6.10 Å². The van der Waals surface area contributed by atoms with Gasteiger partial charge in [0.2, 0.25) is 0 Å². The van der Waals surface area contributed by atoms with Gasteiger partial charge in [0, 0.05) is 0 Å². The van der Waals surface area contributed by atoms with Crippen LogP contribution >= 0.6 is 0 Å². The van der Waals surface area contributed by atoms with Crippen molar-refractivity contribution in [1.29, 1.82) is 0 Å². The monoisotopic (exact) mass is 248 g/mol.